The van der Waals surface area contributed by atoms with Gasteiger partial charge in [-0.15, -0.1) is 0 Å². The zero-order valence-electron chi connectivity index (χ0n) is 12.9. The molecule has 0 bridgehead atoms. The lowest BCUT2D eigenvalue weighted by Gasteiger charge is -2.47. The van der Waals surface area contributed by atoms with Gasteiger partial charge in [-0.2, -0.15) is 0 Å². The van der Waals surface area contributed by atoms with E-state index in [1.54, 1.807) is 0 Å². The molecular formula is C15H32N2. The third kappa shape index (κ3) is 4.59. The van der Waals surface area contributed by atoms with Crippen molar-refractivity contribution in [3.8, 4) is 0 Å². The summed E-state index contributed by atoms with van der Waals surface area (Å²) in [5, 5.41) is 7.62. The van der Waals surface area contributed by atoms with Gasteiger partial charge in [0.15, 0.2) is 0 Å². The van der Waals surface area contributed by atoms with Gasteiger partial charge in [-0.1, -0.05) is 20.8 Å². The van der Waals surface area contributed by atoms with E-state index in [0.29, 0.717) is 12.1 Å². The molecule has 1 atom stereocenters. The maximum atomic E-state index is 3.88. The van der Waals surface area contributed by atoms with Crippen LogP contribution in [0, 0.1) is 5.92 Å². The fraction of sp³-hybridized carbons (Fsp3) is 1.00. The number of rotatable bonds is 4. The van der Waals surface area contributed by atoms with Gasteiger partial charge in [-0.3, -0.25) is 0 Å². The molecule has 1 unspecified atom stereocenters. The summed E-state index contributed by atoms with van der Waals surface area (Å²) in [6.07, 6.45) is 3.67. The normalized spacial score (nSPS) is 26.1. The van der Waals surface area contributed by atoms with E-state index in [9.17, 15) is 0 Å². The lowest BCUT2D eigenvalue weighted by atomic mass is 9.79. The molecule has 0 aliphatic carbocycles. The van der Waals surface area contributed by atoms with Gasteiger partial charge in [0.1, 0.15) is 0 Å². The van der Waals surface area contributed by atoms with Crippen molar-refractivity contribution in [2.24, 2.45) is 5.92 Å². The van der Waals surface area contributed by atoms with Crippen LogP contribution in [0.2, 0.25) is 0 Å². The topological polar surface area (TPSA) is 24.1 Å². The molecule has 102 valence electrons. The van der Waals surface area contributed by atoms with E-state index in [0.717, 1.165) is 5.92 Å². The minimum Gasteiger partial charge on any atom is -0.311 e. The first kappa shape index (κ1) is 15.0. The van der Waals surface area contributed by atoms with E-state index < -0.39 is 0 Å². The first-order chi connectivity index (χ1) is 7.65. The van der Waals surface area contributed by atoms with Gasteiger partial charge < -0.3 is 10.6 Å². The fourth-order valence-corrected chi connectivity index (χ4v) is 3.52. The van der Waals surface area contributed by atoms with E-state index in [1.807, 2.05) is 0 Å². The molecule has 0 aromatic carbocycles. The summed E-state index contributed by atoms with van der Waals surface area (Å²) >= 11 is 0. The summed E-state index contributed by atoms with van der Waals surface area (Å²) in [5.74, 6) is 0.723. The largest absolute Gasteiger partial charge is 0.311 e. The Morgan fingerprint density at radius 3 is 1.94 bits per heavy atom. The predicted molar refractivity (Wildman–Crippen MR) is 76.4 cm³/mol. The van der Waals surface area contributed by atoms with Gasteiger partial charge in [-0.25, -0.2) is 0 Å². The van der Waals surface area contributed by atoms with Gasteiger partial charge in [0, 0.05) is 23.2 Å². The van der Waals surface area contributed by atoms with Crippen molar-refractivity contribution in [1.82, 2.24) is 10.6 Å². The molecule has 0 amide bonds. The van der Waals surface area contributed by atoms with Gasteiger partial charge >= 0.3 is 0 Å². The molecule has 1 fully saturated rings. The monoisotopic (exact) mass is 240 g/mol. The average molecular weight is 240 g/mol. The maximum absolute atomic E-state index is 3.88. The molecule has 1 rings (SSSR count). The number of piperidine rings is 1. The van der Waals surface area contributed by atoms with Crippen molar-refractivity contribution in [3.05, 3.63) is 0 Å². The molecule has 0 aromatic rings. The molecule has 17 heavy (non-hydrogen) atoms. The van der Waals surface area contributed by atoms with E-state index in [4.69, 9.17) is 0 Å². The molecule has 1 aliphatic heterocycles. The summed E-state index contributed by atoms with van der Waals surface area (Å²) in [4.78, 5) is 0. The second-order valence-corrected chi connectivity index (χ2v) is 7.42. The van der Waals surface area contributed by atoms with Crippen LogP contribution in [0.15, 0.2) is 0 Å². The fourth-order valence-electron chi connectivity index (χ4n) is 3.52. The van der Waals surface area contributed by atoms with Crippen LogP contribution < -0.4 is 10.6 Å². The van der Waals surface area contributed by atoms with E-state index in [-0.39, 0.29) is 11.1 Å². The zero-order chi connectivity index (χ0) is 13.3. The van der Waals surface area contributed by atoms with Crippen LogP contribution in [0.5, 0.6) is 0 Å². The number of hydrogen-bond donors (Lipinski definition) is 2. The first-order valence-corrected chi connectivity index (χ1v) is 7.20. The Balaban J connectivity index is 2.65. The first-order valence-electron chi connectivity index (χ1n) is 7.20. The maximum Gasteiger partial charge on any atom is 0.0144 e. The number of hydrogen-bond acceptors (Lipinski definition) is 2. The lowest BCUT2D eigenvalue weighted by Crippen LogP contribution is -2.62. The molecule has 2 nitrogen and oxygen atoms in total. The van der Waals surface area contributed by atoms with E-state index >= 15 is 0 Å². The highest BCUT2D eigenvalue weighted by Crippen LogP contribution is 2.29. The Hall–Kier alpha value is -0.0800. The van der Waals surface area contributed by atoms with Gasteiger partial charge in [-0.05, 0) is 52.9 Å². The molecule has 1 aliphatic rings. The second kappa shape index (κ2) is 5.27. The van der Waals surface area contributed by atoms with Gasteiger partial charge in [0.25, 0.3) is 0 Å². The van der Waals surface area contributed by atoms with E-state index in [1.165, 1.54) is 19.3 Å². The Labute approximate surface area is 108 Å². The minimum absolute atomic E-state index is 0.245. The molecule has 1 saturated heterocycles. The Kier molecular flexibility index (Phi) is 4.65. The van der Waals surface area contributed by atoms with Gasteiger partial charge in [0.05, 0.1) is 0 Å². The summed E-state index contributed by atoms with van der Waals surface area (Å²) in [5.41, 5.74) is 0.489. The van der Waals surface area contributed by atoms with Crippen LogP contribution in [0.25, 0.3) is 0 Å². The van der Waals surface area contributed by atoms with Crippen molar-refractivity contribution >= 4 is 0 Å². The van der Waals surface area contributed by atoms with Crippen LogP contribution in [0.4, 0.5) is 0 Å². The van der Waals surface area contributed by atoms with Crippen molar-refractivity contribution in [2.45, 2.75) is 90.9 Å². The van der Waals surface area contributed by atoms with Gasteiger partial charge in [0.2, 0.25) is 0 Å². The van der Waals surface area contributed by atoms with Crippen LogP contribution in [0.3, 0.4) is 0 Å². The summed E-state index contributed by atoms with van der Waals surface area (Å²) in [6.45, 7) is 16.2. The Morgan fingerprint density at radius 1 is 1.12 bits per heavy atom. The highest BCUT2D eigenvalue weighted by molar-refractivity contribution is 5.00. The second-order valence-electron chi connectivity index (χ2n) is 7.42. The molecule has 0 spiro atoms. The third-order valence-electron chi connectivity index (χ3n) is 3.88. The third-order valence-corrected chi connectivity index (χ3v) is 3.88. The smallest absolute Gasteiger partial charge is 0.0144 e. The standard InChI is InChI=1S/C15H32N2/c1-8-13(11(2)3)16-12-9-14(4,5)17-15(6,7)10-12/h11-13,16-17H,8-10H2,1-7H3. The zero-order valence-corrected chi connectivity index (χ0v) is 12.9. The number of nitrogens with one attached hydrogen (secondary N) is 2. The van der Waals surface area contributed by atoms with Crippen LogP contribution >= 0.6 is 0 Å². The van der Waals surface area contributed by atoms with Crippen molar-refractivity contribution < 1.29 is 0 Å². The summed E-state index contributed by atoms with van der Waals surface area (Å²) in [7, 11) is 0. The van der Waals surface area contributed by atoms with Crippen LogP contribution in [0.1, 0.15) is 67.7 Å². The van der Waals surface area contributed by atoms with Crippen molar-refractivity contribution in [3.63, 3.8) is 0 Å². The molecule has 2 heteroatoms. The quantitative estimate of drug-likeness (QED) is 0.788. The Bertz CT molecular complexity index is 227. The average Bonchev–Trinajstić information content (AvgIpc) is 2.08. The van der Waals surface area contributed by atoms with E-state index in [2.05, 4.69) is 59.1 Å². The molecule has 0 radical (unpaired) electrons. The Morgan fingerprint density at radius 2 is 1.59 bits per heavy atom. The molecule has 1 heterocycles. The molecule has 0 aromatic heterocycles. The molecule has 0 saturated carbocycles. The molecule has 2 N–H and O–H groups in total. The minimum atomic E-state index is 0.245. The highest BCUT2D eigenvalue weighted by Gasteiger charge is 2.38. The van der Waals surface area contributed by atoms with Crippen molar-refractivity contribution in [2.75, 3.05) is 0 Å². The van der Waals surface area contributed by atoms with Crippen molar-refractivity contribution in [1.29, 1.82) is 0 Å². The highest BCUT2D eigenvalue weighted by atomic mass is 15.1. The molecular weight excluding hydrogens is 208 g/mol. The predicted octanol–water partition coefficient (Wildman–Crippen LogP) is 3.32. The SMILES string of the molecule is CCC(NC1CC(C)(C)NC(C)(C)C1)C(C)C. The summed E-state index contributed by atoms with van der Waals surface area (Å²) < 4.78 is 0. The van der Waals surface area contributed by atoms with Crippen LogP contribution in [-0.2, 0) is 0 Å². The van der Waals surface area contributed by atoms with Crippen LogP contribution in [-0.4, -0.2) is 23.2 Å². The summed E-state index contributed by atoms with van der Waals surface area (Å²) in [6, 6.07) is 1.30. The lowest BCUT2D eigenvalue weighted by molar-refractivity contribution is 0.133.